The van der Waals surface area contributed by atoms with Crippen LogP contribution in [-0.2, 0) is 23.2 Å². The molecule has 134 valence electrons. The summed E-state index contributed by atoms with van der Waals surface area (Å²) >= 11 is 6.02. The quantitative estimate of drug-likeness (QED) is 0.822. The number of carbonyl (C=O) groups is 1. The first-order valence-electron chi connectivity index (χ1n) is 7.98. The van der Waals surface area contributed by atoms with Crippen LogP contribution in [0.1, 0.15) is 30.5 Å². The van der Waals surface area contributed by atoms with Crippen molar-refractivity contribution in [1.82, 2.24) is 5.32 Å². The first-order chi connectivity index (χ1) is 11.4. The van der Waals surface area contributed by atoms with Gasteiger partial charge in [-0.15, -0.1) is 12.4 Å². The predicted molar refractivity (Wildman–Crippen MR) is 102 cm³/mol. The molecule has 3 rings (SSSR count). The zero-order valence-electron chi connectivity index (χ0n) is 14.2. The lowest BCUT2D eigenvalue weighted by molar-refractivity contribution is -0.120. The molecule has 0 aromatic heterocycles. The molecule has 0 radical (unpaired) electrons. The van der Waals surface area contributed by atoms with Crippen LogP contribution >= 0.6 is 24.0 Å². The summed E-state index contributed by atoms with van der Waals surface area (Å²) < 4.78 is 14.7. The van der Waals surface area contributed by atoms with Crippen molar-refractivity contribution in [2.45, 2.75) is 32.2 Å². The first-order valence-corrected chi connectivity index (χ1v) is 8.36. The van der Waals surface area contributed by atoms with Crippen LogP contribution in [0.5, 0.6) is 0 Å². The van der Waals surface area contributed by atoms with Crippen LogP contribution in [0, 0.1) is 5.82 Å². The molecule has 0 saturated heterocycles. The van der Waals surface area contributed by atoms with Crippen molar-refractivity contribution in [3.8, 4) is 0 Å². The molecule has 0 spiro atoms. The van der Waals surface area contributed by atoms with E-state index in [1.807, 2.05) is 12.1 Å². The Bertz CT molecular complexity index is 793. The molecule has 0 bridgehead atoms. The van der Waals surface area contributed by atoms with E-state index in [9.17, 15) is 9.18 Å². The van der Waals surface area contributed by atoms with Gasteiger partial charge >= 0.3 is 0 Å². The van der Waals surface area contributed by atoms with Crippen LogP contribution in [0.15, 0.2) is 36.4 Å². The third-order valence-corrected chi connectivity index (χ3v) is 4.80. The van der Waals surface area contributed by atoms with Gasteiger partial charge in [0.15, 0.2) is 0 Å². The monoisotopic (exact) mass is 382 g/mol. The third kappa shape index (κ3) is 3.97. The maximum atomic E-state index is 14.7. The van der Waals surface area contributed by atoms with E-state index < -0.39 is 5.41 Å². The van der Waals surface area contributed by atoms with Crippen molar-refractivity contribution < 1.29 is 9.18 Å². The lowest BCUT2D eigenvalue weighted by atomic mass is 9.83. The number of nitrogens with one attached hydrogen (secondary N) is 2. The maximum Gasteiger partial charge on any atom is 0.234 e. The van der Waals surface area contributed by atoms with E-state index >= 15 is 0 Å². The minimum absolute atomic E-state index is 0. The largest absolute Gasteiger partial charge is 0.323 e. The summed E-state index contributed by atoms with van der Waals surface area (Å²) in [6.07, 6.45) is 0.628. The molecule has 1 heterocycles. The van der Waals surface area contributed by atoms with Gasteiger partial charge in [-0.3, -0.25) is 4.79 Å². The number of hydrogen-bond acceptors (Lipinski definition) is 2. The highest BCUT2D eigenvalue weighted by molar-refractivity contribution is 6.30. The maximum absolute atomic E-state index is 14.7. The minimum atomic E-state index is -0.825. The smallest absolute Gasteiger partial charge is 0.234 e. The van der Waals surface area contributed by atoms with Crippen molar-refractivity contribution in [2.75, 3.05) is 11.9 Å². The standard InChI is InChI=1S/C19H20ClFN2O.ClH/c1-19(2,13-4-3-5-14(20)10-13)18(24)23-16-7-6-12-11-22-9-8-15(12)17(16)21;/h3-7,10,22H,8-9,11H2,1-2H3,(H,23,24);1H. The molecule has 2 aromatic carbocycles. The Labute approximate surface area is 158 Å². The summed E-state index contributed by atoms with van der Waals surface area (Å²) in [5, 5.41) is 6.52. The normalized spacial score (nSPS) is 13.6. The Balaban J connectivity index is 0.00000225. The highest BCUT2D eigenvalue weighted by atomic mass is 35.5. The topological polar surface area (TPSA) is 41.1 Å². The first kappa shape index (κ1) is 19.7. The number of carbonyl (C=O) groups excluding carboxylic acids is 1. The van der Waals surface area contributed by atoms with Crippen molar-refractivity contribution in [3.05, 3.63) is 63.9 Å². The van der Waals surface area contributed by atoms with Gasteiger partial charge in [-0.25, -0.2) is 4.39 Å². The van der Waals surface area contributed by atoms with Gasteiger partial charge in [0.1, 0.15) is 5.82 Å². The van der Waals surface area contributed by atoms with E-state index in [0.29, 0.717) is 23.6 Å². The zero-order chi connectivity index (χ0) is 17.3. The average molecular weight is 383 g/mol. The number of fused-ring (bicyclic) bond motifs is 1. The summed E-state index contributed by atoms with van der Waals surface area (Å²) in [4.78, 5) is 12.7. The number of benzene rings is 2. The van der Waals surface area contributed by atoms with Gasteiger partial charge in [0.25, 0.3) is 0 Å². The molecule has 1 aliphatic heterocycles. The van der Waals surface area contributed by atoms with Gasteiger partial charge in [0.05, 0.1) is 11.1 Å². The molecule has 6 heteroatoms. The van der Waals surface area contributed by atoms with E-state index in [-0.39, 0.29) is 29.8 Å². The van der Waals surface area contributed by atoms with Gasteiger partial charge in [0.2, 0.25) is 5.91 Å². The van der Waals surface area contributed by atoms with Gasteiger partial charge in [-0.05, 0) is 61.7 Å². The molecule has 2 aromatic rings. The zero-order valence-corrected chi connectivity index (χ0v) is 15.7. The number of rotatable bonds is 3. The summed E-state index contributed by atoms with van der Waals surface area (Å²) in [5.74, 6) is -0.596. The second-order valence-electron chi connectivity index (χ2n) is 6.58. The fourth-order valence-corrected chi connectivity index (χ4v) is 3.11. The second-order valence-corrected chi connectivity index (χ2v) is 7.02. The molecule has 0 unspecified atom stereocenters. The van der Waals surface area contributed by atoms with Gasteiger partial charge < -0.3 is 10.6 Å². The Hall–Kier alpha value is -1.62. The summed E-state index contributed by atoms with van der Waals surface area (Å²) in [7, 11) is 0. The van der Waals surface area contributed by atoms with Crippen LogP contribution in [0.2, 0.25) is 5.02 Å². The molecule has 0 aliphatic carbocycles. The molecule has 1 amide bonds. The molecular weight excluding hydrogens is 362 g/mol. The second kappa shape index (κ2) is 7.73. The average Bonchev–Trinajstić information content (AvgIpc) is 2.57. The molecule has 25 heavy (non-hydrogen) atoms. The molecule has 0 atom stereocenters. The van der Waals surface area contributed by atoms with E-state index in [1.165, 1.54) is 0 Å². The van der Waals surface area contributed by atoms with Crippen LogP contribution in [0.3, 0.4) is 0 Å². The molecule has 2 N–H and O–H groups in total. The molecule has 3 nitrogen and oxygen atoms in total. The Kier molecular flexibility index (Phi) is 6.09. The lowest BCUT2D eigenvalue weighted by Crippen LogP contribution is -2.35. The third-order valence-electron chi connectivity index (χ3n) is 4.57. The van der Waals surface area contributed by atoms with Crippen LogP contribution < -0.4 is 10.6 Å². The number of anilines is 1. The molecular formula is C19H21Cl2FN2O. The number of hydrogen-bond donors (Lipinski definition) is 2. The van der Waals surface area contributed by atoms with E-state index in [2.05, 4.69) is 10.6 Å². The predicted octanol–water partition coefficient (Wildman–Crippen LogP) is 4.46. The van der Waals surface area contributed by atoms with E-state index in [1.54, 1.807) is 38.1 Å². The van der Waals surface area contributed by atoms with Gasteiger partial charge in [-0.2, -0.15) is 0 Å². The lowest BCUT2D eigenvalue weighted by Gasteiger charge is -2.25. The Morgan fingerprint density at radius 2 is 2.04 bits per heavy atom. The SMILES string of the molecule is CC(C)(C(=O)Nc1ccc2c(c1F)CCNC2)c1cccc(Cl)c1.Cl. The molecule has 0 saturated carbocycles. The number of halogens is 3. The van der Waals surface area contributed by atoms with Crippen LogP contribution in [0.4, 0.5) is 10.1 Å². The highest BCUT2D eigenvalue weighted by Crippen LogP contribution is 2.29. The van der Waals surface area contributed by atoms with Gasteiger partial charge in [-0.1, -0.05) is 29.8 Å². The number of amides is 1. The van der Waals surface area contributed by atoms with E-state index in [4.69, 9.17) is 11.6 Å². The summed E-state index contributed by atoms with van der Waals surface area (Å²) in [6.45, 7) is 5.01. The van der Waals surface area contributed by atoms with Crippen molar-refractivity contribution in [2.24, 2.45) is 0 Å². The summed E-state index contributed by atoms with van der Waals surface area (Å²) in [5.41, 5.74) is 1.83. The Morgan fingerprint density at radius 3 is 2.76 bits per heavy atom. The highest BCUT2D eigenvalue weighted by Gasteiger charge is 2.31. The van der Waals surface area contributed by atoms with Crippen molar-refractivity contribution >= 4 is 35.6 Å². The summed E-state index contributed by atoms with van der Waals surface area (Å²) in [6, 6.07) is 10.7. The fraction of sp³-hybridized carbons (Fsp3) is 0.316. The minimum Gasteiger partial charge on any atom is -0.323 e. The van der Waals surface area contributed by atoms with Crippen LogP contribution in [0.25, 0.3) is 0 Å². The van der Waals surface area contributed by atoms with Crippen LogP contribution in [-0.4, -0.2) is 12.5 Å². The molecule has 1 aliphatic rings. The van der Waals surface area contributed by atoms with Crippen molar-refractivity contribution in [3.63, 3.8) is 0 Å². The fourth-order valence-electron chi connectivity index (χ4n) is 2.92. The van der Waals surface area contributed by atoms with Gasteiger partial charge in [0, 0.05) is 11.6 Å². The Morgan fingerprint density at radius 1 is 1.28 bits per heavy atom. The van der Waals surface area contributed by atoms with E-state index in [0.717, 1.165) is 17.7 Å². The molecule has 0 fully saturated rings. The van der Waals surface area contributed by atoms with Crippen molar-refractivity contribution in [1.29, 1.82) is 0 Å².